The van der Waals surface area contributed by atoms with Crippen molar-refractivity contribution in [1.29, 1.82) is 0 Å². The molecule has 2 heterocycles. The van der Waals surface area contributed by atoms with Gasteiger partial charge in [0.05, 0.1) is 5.52 Å². The number of carbonyl (C=O) groups is 1. The number of fused-ring (bicyclic) bond motifs is 1. The second-order valence-electron chi connectivity index (χ2n) is 6.91. The number of amides is 1. The van der Waals surface area contributed by atoms with Gasteiger partial charge in [-0.25, -0.2) is 0 Å². The SMILES string of the molecule is Cn1ccc(=O)c(OCc2ccccc2)c1C(=O)NCc1ccnc2ccccc12. The zero-order valence-corrected chi connectivity index (χ0v) is 16.5. The Bertz CT molecular complexity index is 1240. The molecule has 4 aromatic rings. The van der Waals surface area contributed by atoms with Crippen molar-refractivity contribution in [1.82, 2.24) is 14.9 Å². The van der Waals surface area contributed by atoms with Crippen molar-refractivity contribution in [2.24, 2.45) is 7.05 Å². The van der Waals surface area contributed by atoms with E-state index < -0.39 is 0 Å². The molecule has 2 aromatic heterocycles. The Kier molecular flexibility index (Phi) is 5.57. The quantitative estimate of drug-likeness (QED) is 0.539. The first kappa shape index (κ1) is 19.4. The fourth-order valence-electron chi connectivity index (χ4n) is 3.31. The van der Waals surface area contributed by atoms with Gasteiger partial charge in [-0.2, -0.15) is 0 Å². The second-order valence-corrected chi connectivity index (χ2v) is 6.91. The number of aromatic nitrogens is 2. The van der Waals surface area contributed by atoms with Gasteiger partial charge in [-0.1, -0.05) is 48.5 Å². The maximum Gasteiger partial charge on any atom is 0.272 e. The number of pyridine rings is 2. The Morgan fingerprint density at radius 1 is 1.03 bits per heavy atom. The van der Waals surface area contributed by atoms with Gasteiger partial charge in [0.15, 0.2) is 11.4 Å². The number of benzene rings is 2. The molecule has 0 saturated heterocycles. The average molecular weight is 399 g/mol. The molecule has 0 aliphatic heterocycles. The van der Waals surface area contributed by atoms with Crippen LogP contribution in [0.15, 0.2) is 83.9 Å². The van der Waals surface area contributed by atoms with Crippen LogP contribution in [0.4, 0.5) is 0 Å². The van der Waals surface area contributed by atoms with Crippen LogP contribution in [0.25, 0.3) is 10.9 Å². The van der Waals surface area contributed by atoms with Gasteiger partial charge in [0.1, 0.15) is 6.61 Å². The largest absolute Gasteiger partial charge is 0.483 e. The minimum atomic E-state index is -0.376. The third-order valence-electron chi connectivity index (χ3n) is 4.86. The molecule has 1 amide bonds. The van der Waals surface area contributed by atoms with Crippen LogP contribution in [0.2, 0.25) is 0 Å². The van der Waals surface area contributed by atoms with Gasteiger partial charge in [0, 0.05) is 37.4 Å². The van der Waals surface area contributed by atoms with E-state index >= 15 is 0 Å². The number of hydrogen-bond donors (Lipinski definition) is 1. The number of rotatable bonds is 6. The highest BCUT2D eigenvalue weighted by molar-refractivity contribution is 5.95. The van der Waals surface area contributed by atoms with Crippen LogP contribution >= 0.6 is 0 Å². The summed E-state index contributed by atoms with van der Waals surface area (Å²) in [5, 5.41) is 3.88. The van der Waals surface area contributed by atoms with Crippen LogP contribution in [0.5, 0.6) is 5.75 Å². The molecule has 0 fully saturated rings. The van der Waals surface area contributed by atoms with Gasteiger partial charge in [-0.3, -0.25) is 14.6 Å². The topological polar surface area (TPSA) is 73.2 Å². The smallest absolute Gasteiger partial charge is 0.272 e. The van der Waals surface area contributed by atoms with Crippen LogP contribution in [0.3, 0.4) is 0 Å². The molecule has 0 saturated carbocycles. The number of aryl methyl sites for hydroxylation is 1. The third-order valence-corrected chi connectivity index (χ3v) is 4.86. The average Bonchev–Trinajstić information content (AvgIpc) is 2.78. The molecule has 0 bridgehead atoms. The van der Waals surface area contributed by atoms with Crippen molar-refractivity contribution < 1.29 is 9.53 Å². The summed E-state index contributed by atoms with van der Waals surface area (Å²) in [4.78, 5) is 29.8. The molecule has 2 aromatic carbocycles. The highest BCUT2D eigenvalue weighted by atomic mass is 16.5. The van der Waals surface area contributed by atoms with Gasteiger partial charge in [-0.15, -0.1) is 0 Å². The zero-order valence-electron chi connectivity index (χ0n) is 16.5. The Hall–Kier alpha value is -3.93. The summed E-state index contributed by atoms with van der Waals surface area (Å²) in [5.74, 6) is -0.333. The van der Waals surface area contributed by atoms with Crippen LogP contribution in [-0.2, 0) is 20.2 Å². The number of carbonyl (C=O) groups excluding carboxylic acids is 1. The Labute approximate surface area is 173 Å². The molecule has 0 aliphatic rings. The number of nitrogens with one attached hydrogen (secondary N) is 1. The molecular formula is C24H21N3O3. The minimum absolute atomic E-state index is 0.0425. The molecule has 0 atom stereocenters. The first-order valence-electron chi connectivity index (χ1n) is 9.60. The lowest BCUT2D eigenvalue weighted by molar-refractivity contribution is 0.0936. The van der Waals surface area contributed by atoms with E-state index in [0.717, 1.165) is 22.0 Å². The summed E-state index contributed by atoms with van der Waals surface area (Å²) in [6.07, 6.45) is 3.28. The molecule has 30 heavy (non-hydrogen) atoms. The number of para-hydroxylation sites is 1. The number of nitrogens with zero attached hydrogens (tertiary/aromatic N) is 2. The first-order chi connectivity index (χ1) is 14.6. The van der Waals surface area contributed by atoms with E-state index in [9.17, 15) is 9.59 Å². The molecule has 1 N–H and O–H groups in total. The molecule has 0 aliphatic carbocycles. The predicted octanol–water partition coefficient (Wildman–Crippen LogP) is 3.44. The minimum Gasteiger partial charge on any atom is -0.483 e. The summed E-state index contributed by atoms with van der Waals surface area (Å²) in [6.45, 7) is 0.512. The van der Waals surface area contributed by atoms with E-state index in [2.05, 4.69) is 10.3 Å². The lowest BCUT2D eigenvalue weighted by Crippen LogP contribution is -2.29. The van der Waals surface area contributed by atoms with Crippen LogP contribution in [-0.4, -0.2) is 15.5 Å². The van der Waals surface area contributed by atoms with E-state index in [4.69, 9.17) is 4.74 Å². The highest BCUT2D eigenvalue weighted by Crippen LogP contribution is 2.18. The molecule has 6 heteroatoms. The van der Waals surface area contributed by atoms with Gasteiger partial charge in [0.25, 0.3) is 5.91 Å². The molecule has 6 nitrogen and oxygen atoms in total. The third kappa shape index (κ3) is 4.07. The van der Waals surface area contributed by atoms with E-state index in [0.29, 0.717) is 6.54 Å². The van der Waals surface area contributed by atoms with Crippen molar-refractivity contribution in [2.45, 2.75) is 13.2 Å². The fraction of sp³-hybridized carbons (Fsp3) is 0.125. The fourth-order valence-corrected chi connectivity index (χ4v) is 3.31. The predicted molar refractivity (Wildman–Crippen MR) is 115 cm³/mol. The van der Waals surface area contributed by atoms with E-state index in [1.54, 1.807) is 24.0 Å². The Balaban J connectivity index is 1.57. The second kappa shape index (κ2) is 8.61. The monoisotopic (exact) mass is 399 g/mol. The molecule has 0 radical (unpaired) electrons. The molecule has 0 unspecified atom stereocenters. The lowest BCUT2D eigenvalue weighted by atomic mass is 10.1. The summed E-state index contributed by atoms with van der Waals surface area (Å²) < 4.78 is 7.37. The van der Waals surface area contributed by atoms with Gasteiger partial charge < -0.3 is 14.6 Å². The number of ether oxygens (including phenoxy) is 1. The number of hydrogen-bond acceptors (Lipinski definition) is 4. The summed E-state index contributed by atoms with van der Waals surface area (Å²) in [5.41, 5.74) is 2.59. The lowest BCUT2D eigenvalue weighted by Gasteiger charge is -2.15. The van der Waals surface area contributed by atoms with E-state index in [1.807, 2.05) is 60.7 Å². The van der Waals surface area contributed by atoms with Crippen LogP contribution in [0, 0.1) is 0 Å². The highest BCUT2D eigenvalue weighted by Gasteiger charge is 2.19. The van der Waals surface area contributed by atoms with Gasteiger partial charge >= 0.3 is 0 Å². The van der Waals surface area contributed by atoms with Crippen molar-refractivity contribution in [3.8, 4) is 5.75 Å². The summed E-state index contributed by atoms with van der Waals surface area (Å²) >= 11 is 0. The Morgan fingerprint density at radius 3 is 2.63 bits per heavy atom. The molecule has 0 spiro atoms. The maximum atomic E-state index is 13.0. The van der Waals surface area contributed by atoms with Crippen LogP contribution in [0.1, 0.15) is 21.6 Å². The summed E-state index contributed by atoms with van der Waals surface area (Å²) in [6, 6.07) is 20.5. The molecular weight excluding hydrogens is 378 g/mol. The first-order valence-corrected chi connectivity index (χ1v) is 9.60. The van der Waals surface area contributed by atoms with E-state index in [-0.39, 0.29) is 29.4 Å². The molecule has 4 rings (SSSR count). The van der Waals surface area contributed by atoms with Crippen molar-refractivity contribution in [3.05, 3.63) is 106 Å². The maximum absolute atomic E-state index is 13.0. The standard InChI is InChI=1S/C24H21N3O3/c1-27-14-12-21(28)23(30-16-17-7-3-2-4-8-17)22(27)24(29)26-15-18-11-13-25-20-10-6-5-9-19(18)20/h2-14H,15-16H2,1H3,(H,26,29). The van der Waals surface area contributed by atoms with Crippen molar-refractivity contribution in [3.63, 3.8) is 0 Å². The van der Waals surface area contributed by atoms with E-state index in [1.165, 1.54) is 6.07 Å². The molecule has 150 valence electrons. The van der Waals surface area contributed by atoms with Crippen molar-refractivity contribution in [2.75, 3.05) is 0 Å². The van der Waals surface area contributed by atoms with Gasteiger partial charge in [-0.05, 0) is 23.3 Å². The van der Waals surface area contributed by atoms with Gasteiger partial charge in [0.2, 0.25) is 5.43 Å². The summed E-state index contributed by atoms with van der Waals surface area (Å²) in [7, 11) is 1.71. The Morgan fingerprint density at radius 2 is 1.80 bits per heavy atom. The van der Waals surface area contributed by atoms with Crippen molar-refractivity contribution >= 4 is 16.8 Å². The normalized spacial score (nSPS) is 10.7. The zero-order chi connectivity index (χ0) is 20.9. The van der Waals surface area contributed by atoms with Crippen LogP contribution < -0.4 is 15.5 Å².